The van der Waals surface area contributed by atoms with Crippen molar-refractivity contribution in [2.75, 3.05) is 6.61 Å². The van der Waals surface area contributed by atoms with Crippen molar-refractivity contribution in [2.45, 2.75) is 32.5 Å². The van der Waals surface area contributed by atoms with E-state index in [0.717, 1.165) is 0 Å². The quantitative estimate of drug-likeness (QED) is 0.631. The molecule has 2 bridgehead atoms. The summed E-state index contributed by atoms with van der Waals surface area (Å²) < 4.78 is 10.5. The fourth-order valence-electron chi connectivity index (χ4n) is 4.82. The first-order valence-corrected chi connectivity index (χ1v) is 7.14. The van der Waals surface area contributed by atoms with E-state index in [1.54, 1.807) is 6.92 Å². The molecule has 6 nitrogen and oxygen atoms in total. The highest BCUT2D eigenvalue weighted by Crippen LogP contribution is 2.65. The number of ether oxygens (including phenoxy) is 2. The van der Waals surface area contributed by atoms with Crippen molar-refractivity contribution in [2.24, 2.45) is 22.7 Å². The van der Waals surface area contributed by atoms with Gasteiger partial charge in [0.25, 0.3) is 0 Å². The first-order chi connectivity index (χ1) is 9.82. The minimum atomic E-state index is -1.37. The molecule has 2 aliphatic carbocycles. The van der Waals surface area contributed by atoms with Gasteiger partial charge in [-0.1, -0.05) is 13.8 Å². The number of cyclic esters (lactones) is 1. The first-order valence-electron chi connectivity index (χ1n) is 7.14. The van der Waals surface area contributed by atoms with Crippen LogP contribution in [0.4, 0.5) is 0 Å². The summed E-state index contributed by atoms with van der Waals surface area (Å²) in [6.45, 7) is 3.74. The van der Waals surface area contributed by atoms with Crippen LogP contribution in [-0.2, 0) is 23.9 Å². The summed E-state index contributed by atoms with van der Waals surface area (Å²) in [4.78, 5) is 36.3. The van der Waals surface area contributed by atoms with Gasteiger partial charge in [-0.25, -0.2) is 4.79 Å². The van der Waals surface area contributed by atoms with Crippen LogP contribution in [0.1, 0.15) is 20.3 Å². The molecule has 1 spiro atoms. The zero-order valence-corrected chi connectivity index (χ0v) is 11.8. The summed E-state index contributed by atoms with van der Waals surface area (Å²) >= 11 is 0. The van der Waals surface area contributed by atoms with Crippen LogP contribution >= 0.6 is 0 Å². The van der Waals surface area contributed by atoms with Gasteiger partial charge >= 0.3 is 11.9 Å². The maximum atomic E-state index is 12.2. The summed E-state index contributed by atoms with van der Waals surface area (Å²) in [6.07, 6.45) is -0.188. The molecule has 1 saturated carbocycles. The van der Waals surface area contributed by atoms with Crippen molar-refractivity contribution in [1.82, 2.24) is 0 Å². The zero-order valence-electron chi connectivity index (χ0n) is 11.8. The summed E-state index contributed by atoms with van der Waals surface area (Å²) in [5.74, 6) is -2.34. The Kier molecular flexibility index (Phi) is 2.20. The van der Waals surface area contributed by atoms with Gasteiger partial charge in [-0.15, -0.1) is 0 Å². The zero-order chi connectivity index (χ0) is 15.2. The molecule has 0 radical (unpaired) electrons. The van der Waals surface area contributed by atoms with Gasteiger partial charge in [0, 0.05) is 16.7 Å². The number of hydrogen-bond acceptors (Lipinski definition) is 6. The number of fused-ring (bicyclic) bond motifs is 4. The summed E-state index contributed by atoms with van der Waals surface area (Å²) in [5.41, 5.74) is -0.956. The molecule has 6 heteroatoms. The third-order valence-electron chi connectivity index (χ3n) is 5.95. The Morgan fingerprint density at radius 1 is 1.29 bits per heavy atom. The Hall–Kier alpha value is -1.69. The smallest absolute Gasteiger partial charge is 0.336 e. The fourth-order valence-corrected chi connectivity index (χ4v) is 4.82. The molecular weight excluding hydrogens is 276 g/mol. The van der Waals surface area contributed by atoms with E-state index < -0.39 is 46.8 Å². The molecular formula is C15H16O6. The predicted octanol–water partition coefficient (Wildman–Crippen LogP) is -0.0127. The lowest BCUT2D eigenvalue weighted by molar-refractivity contribution is -0.201. The van der Waals surface area contributed by atoms with Crippen LogP contribution in [0.15, 0.2) is 11.6 Å². The number of ketones is 1. The molecule has 21 heavy (non-hydrogen) atoms. The molecule has 0 aromatic rings. The van der Waals surface area contributed by atoms with Gasteiger partial charge in [0.1, 0.15) is 18.6 Å². The molecule has 112 valence electrons. The van der Waals surface area contributed by atoms with E-state index >= 15 is 0 Å². The number of hydrogen-bond donors (Lipinski definition) is 1. The Bertz CT molecular complexity index is 622. The second-order valence-corrected chi connectivity index (χ2v) is 6.81. The number of allylic oxidation sites excluding steroid dienone is 1. The Morgan fingerprint density at radius 2 is 2.00 bits per heavy atom. The van der Waals surface area contributed by atoms with Crippen molar-refractivity contribution < 1.29 is 29.0 Å². The summed E-state index contributed by atoms with van der Waals surface area (Å²) in [5, 5.41) is 10.4. The molecule has 1 unspecified atom stereocenters. The van der Waals surface area contributed by atoms with E-state index in [4.69, 9.17) is 9.47 Å². The molecule has 4 rings (SSSR count). The lowest BCUT2D eigenvalue weighted by Crippen LogP contribution is -2.63. The van der Waals surface area contributed by atoms with Gasteiger partial charge < -0.3 is 14.6 Å². The van der Waals surface area contributed by atoms with Crippen LogP contribution in [-0.4, -0.2) is 41.6 Å². The van der Waals surface area contributed by atoms with E-state index in [2.05, 4.69) is 0 Å². The molecule has 0 aromatic heterocycles. The van der Waals surface area contributed by atoms with Crippen molar-refractivity contribution in [3.05, 3.63) is 11.6 Å². The highest BCUT2D eigenvalue weighted by molar-refractivity contribution is 5.99. The lowest BCUT2D eigenvalue weighted by Gasteiger charge is -2.55. The van der Waals surface area contributed by atoms with Gasteiger partial charge in [0.15, 0.2) is 11.9 Å². The van der Waals surface area contributed by atoms with Gasteiger partial charge in [-0.05, 0) is 18.1 Å². The molecule has 0 aromatic carbocycles. The number of carbonyl (C=O) groups is 3. The summed E-state index contributed by atoms with van der Waals surface area (Å²) in [7, 11) is 0. The molecule has 0 amide bonds. The van der Waals surface area contributed by atoms with E-state index in [0.29, 0.717) is 12.0 Å². The normalized spacial score (nSPS) is 51.0. The average Bonchev–Trinajstić information content (AvgIpc) is 2.87. The van der Waals surface area contributed by atoms with E-state index in [1.165, 1.54) is 6.08 Å². The fraction of sp³-hybridized carbons (Fsp3) is 0.667. The van der Waals surface area contributed by atoms with Crippen molar-refractivity contribution in [3.63, 3.8) is 0 Å². The van der Waals surface area contributed by atoms with Crippen LogP contribution in [0.3, 0.4) is 0 Å². The molecule has 4 aliphatic rings. The molecule has 3 fully saturated rings. The number of aliphatic hydroxyl groups is 1. The monoisotopic (exact) mass is 292 g/mol. The highest BCUT2D eigenvalue weighted by atomic mass is 16.6. The highest BCUT2D eigenvalue weighted by Gasteiger charge is 2.72. The Labute approximate surface area is 121 Å². The number of carbonyl (C=O) groups excluding carboxylic acids is 3. The van der Waals surface area contributed by atoms with Crippen LogP contribution in [0.5, 0.6) is 0 Å². The van der Waals surface area contributed by atoms with Crippen molar-refractivity contribution >= 4 is 17.7 Å². The lowest BCUT2D eigenvalue weighted by atomic mass is 9.50. The Morgan fingerprint density at radius 3 is 2.71 bits per heavy atom. The molecule has 1 N–H and O–H groups in total. The predicted molar refractivity (Wildman–Crippen MR) is 67.7 cm³/mol. The van der Waals surface area contributed by atoms with Gasteiger partial charge in [-0.2, -0.15) is 0 Å². The van der Waals surface area contributed by atoms with Crippen molar-refractivity contribution in [3.8, 4) is 0 Å². The maximum absolute atomic E-state index is 12.2. The first kappa shape index (κ1) is 13.0. The van der Waals surface area contributed by atoms with Crippen LogP contribution in [0.2, 0.25) is 0 Å². The Balaban J connectivity index is 1.97. The van der Waals surface area contributed by atoms with Gasteiger partial charge in [0.05, 0.1) is 0 Å². The number of esters is 2. The standard InChI is InChI=1S/C15H16O6/c1-6-7(16)3-9-14(2)5-20-12(18)10(14)8-4-15(6,9)11(17)13(19)21-8/h3,6,8,10-11,17H,4-5H2,1-2H3/t6-,8+,10?,11+,14-,15+/m0/s1. The molecule has 6 atom stereocenters. The van der Waals surface area contributed by atoms with E-state index in [1.807, 2.05) is 6.92 Å². The van der Waals surface area contributed by atoms with Crippen LogP contribution in [0, 0.1) is 22.7 Å². The van der Waals surface area contributed by atoms with Gasteiger partial charge in [-0.3, -0.25) is 9.59 Å². The number of rotatable bonds is 0. The SMILES string of the molecule is C[C@H]1C(=O)C=C2[C@@]13C[C@@H](OC(=O)[C@H]3O)C1C(=O)OC[C@@]21C. The van der Waals surface area contributed by atoms with E-state index in [9.17, 15) is 19.5 Å². The minimum absolute atomic E-state index is 0.112. The molecule has 2 heterocycles. The third kappa shape index (κ3) is 1.22. The third-order valence-corrected chi connectivity index (χ3v) is 5.95. The summed E-state index contributed by atoms with van der Waals surface area (Å²) in [6, 6.07) is 0. The number of aliphatic hydroxyl groups excluding tert-OH is 1. The second-order valence-electron chi connectivity index (χ2n) is 6.81. The van der Waals surface area contributed by atoms with Crippen molar-refractivity contribution in [1.29, 1.82) is 0 Å². The molecule has 2 aliphatic heterocycles. The van der Waals surface area contributed by atoms with Crippen LogP contribution < -0.4 is 0 Å². The van der Waals surface area contributed by atoms with Crippen LogP contribution in [0.25, 0.3) is 0 Å². The topological polar surface area (TPSA) is 89.9 Å². The van der Waals surface area contributed by atoms with Gasteiger partial charge in [0.2, 0.25) is 0 Å². The largest absolute Gasteiger partial charge is 0.464 e. The minimum Gasteiger partial charge on any atom is -0.464 e. The second kappa shape index (κ2) is 3.55. The molecule has 2 saturated heterocycles. The van der Waals surface area contributed by atoms with E-state index in [-0.39, 0.29) is 12.4 Å². The average molecular weight is 292 g/mol. The maximum Gasteiger partial charge on any atom is 0.336 e.